The first-order valence-electron chi connectivity index (χ1n) is 8.62. The maximum Gasteiger partial charge on any atom is 0.248 e. The molecule has 0 atom stereocenters. The van der Waals surface area contributed by atoms with Crippen molar-refractivity contribution in [2.45, 2.75) is 57.7 Å². The van der Waals surface area contributed by atoms with Crippen LogP contribution in [0.2, 0.25) is 0 Å². The van der Waals surface area contributed by atoms with Crippen LogP contribution >= 0.6 is 11.3 Å². The van der Waals surface area contributed by atoms with E-state index in [4.69, 9.17) is 0 Å². The van der Waals surface area contributed by atoms with Gasteiger partial charge in [0.2, 0.25) is 5.92 Å². The third-order valence-electron chi connectivity index (χ3n) is 5.14. The molecule has 0 N–H and O–H groups in total. The van der Waals surface area contributed by atoms with Crippen LogP contribution in [0.25, 0.3) is 0 Å². The summed E-state index contributed by atoms with van der Waals surface area (Å²) in [7, 11) is 0. The summed E-state index contributed by atoms with van der Waals surface area (Å²) in [4.78, 5) is 3.90. The van der Waals surface area contributed by atoms with Crippen LogP contribution in [0.1, 0.15) is 41.8 Å². The molecule has 7 heteroatoms. The van der Waals surface area contributed by atoms with Crippen molar-refractivity contribution >= 4 is 11.3 Å². The highest BCUT2D eigenvalue weighted by atomic mass is 32.1. The van der Waals surface area contributed by atoms with E-state index in [1.165, 1.54) is 10.4 Å². The first-order chi connectivity index (χ1) is 11.6. The lowest BCUT2D eigenvalue weighted by Gasteiger charge is -2.27. The molecule has 1 aliphatic carbocycles. The molecule has 4 nitrogen and oxygen atoms in total. The van der Waals surface area contributed by atoms with Gasteiger partial charge < -0.3 is 0 Å². The Morgan fingerprint density at radius 3 is 2.96 bits per heavy atom. The second-order valence-corrected chi connectivity index (χ2v) is 8.06. The van der Waals surface area contributed by atoms with Gasteiger partial charge in [0.25, 0.3) is 0 Å². The molecule has 0 unspecified atom stereocenters. The molecule has 1 saturated carbocycles. The first-order valence-corrected chi connectivity index (χ1v) is 9.50. The van der Waals surface area contributed by atoms with Crippen LogP contribution in [0.3, 0.4) is 0 Å². The van der Waals surface area contributed by atoms with Crippen molar-refractivity contribution in [1.82, 2.24) is 19.9 Å². The zero-order valence-corrected chi connectivity index (χ0v) is 14.4. The minimum Gasteiger partial charge on any atom is -0.293 e. The molecule has 2 aliphatic rings. The van der Waals surface area contributed by atoms with Gasteiger partial charge in [0.15, 0.2) is 0 Å². The highest BCUT2D eigenvalue weighted by Crippen LogP contribution is 2.36. The van der Waals surface area contributed by atoms with E-state index in [2.05, 4.69) is 26.7 Å². The highest BCUT2D eigenvalue weighted by molar-refractivity contribution is 7.10. The van der Waals surface area contributed by atoms with Crippen LogP contribution in [0, 0.1) is 5.92 Å². The smallest absolute Gasteiger partial charge is 0.248 e. The Hall–Kier alpha value is -1.34. The van der Waals surface area contributed by atoms with Gasteiger partial charge in [-0.3, -0.25) is 9.58 Å². The van der Waals surface area contributed by atoms with Crippen LogP contribution in [0.5, 0.6) is 0 Å². The normalized spacial score (nSPS) is 21.8. The third kappa shape index (κ3) is 3.67. The molecule has 0 amide bonds. The Labute approximate surface area is 144 Å². The van der Waals surface area contributed by atoms with Gasteiger partial charge in [0.05, 0.1) is 5.69 Å². The van der Waals surface area contributed by atoms with Gasteiger partial charge in [-0.1, -0.05) is 5.21 Å². The van der Waals surface area contributed by atoms with Gasteiger partial charge in [-0.25, -0.2) is 8.78 Å². The quantitative estimate of drug-likeness (QED) is 0.841. The summed E-state index contributed by atoms with van der Waals surface area (Å²) < 4.78 is 28.3. The van der Waals surface area contributed by atoms with Crippen LogP contribution in [-0.2, 0) is 26.1 Å². The molecule has 1 aliphatic heterocycles. The van der Waals surface area contributed by atoms with E-state index in [-0.39, 0.29) is 12.8 Å². The molecule has 24 heavy (non-hydrogen) atoms. The molecule has 0 aromatic carbocycles. The van der Waals surface area contributed by atoms with E-state index in [0.29, 0.717) is 25.3 Å². The predicted molar refractivity (Wildman–Crippen MR) is 89.1 cm³/mol. The van der Waals surface area contributed by atoms with Crippen molar-refractivity contribution < 1.29 is 8.78 Å². The standard InChI is InChI=1S/C17H22F2N4S/c18-17(19)5-1-13(2-6-17)9-23-12-15(20-21-23)11-22-7-3-16-14(10-22)4-8-24-16/h4,8,12-13H,1-3,5-7,9-11H2. The monoisotopic (exact) mass is 352 g/mol. The summed E-state index contributed by atoms with van der Waals surface area (Å²) in [6.45, 7) is 3.54. The fraction of sp³-hybridized carbons (Fsp3) is 0.647. The van der Waals surface area contributed by atoms with Gasteiger partial charge in [-0.05, 0) is 42.2 Å². The number of aromatic nitrogens is 3. The molecule has 1 fully saturated rings. The van der Waals surface area contributed by atoms with Gasteiger partial charge in [-0.15, -0.1) is 16.4 Å². The van der Waals surface area contributed by atoms with E-state index in [1.807, 2.05) is 22.2 Å². The van der Waals surface area contributed by atoms with Crippen LogP contribution in [0.4, 0.5) is 8.78 Å². The molecule has 2 aromatic rings. The van der Waals surface area contributed by atoms with Crippen LogP contribution in [-0.4, -0.2) is 32.4 Å². The van der Waals surface area contributed by atoms with Crippen molar-refractivity contribution in [2.75, 3.05) is 6.54 Å². The van der Waals surface area contributed by atoms with E-state index >= 15 is 0 Å². The SMILES string of the molecule is FC1(F)CCC(Cn2cc(CN3CCc4sccc4C3)nn2)CC1. The largest absolute Gasteiger partial charge is 0.293 e. The van der Waals surface area contributed by atoms with Crippen LogP contribution in [0.15, 0.2) is 17.6 Å². The summed E-state index contributed by atoms with van der Waals surface area (Å²) in [6.07, 6.45) is 4.27. The van der Waals surface area contributed by atoms with Gasteiger partial charge in [0.1, 0.15) is 0 Å². The average Bonchev–Trinajstić information content (AvgIpc) is 3.18. The van der Waals surface area contributed by atoms with Crippen molar-refractivity contribution in [3.05, 3.63) is 33.8 Å². The molecule has 0 radical (unpaired) electrons. The van der Waals surface area contributed by atoms with Crippen molar-refractivity contribution in [1.29, 1.82) is 0 Å². The number of fused-ring (bicyclic) bond motifs is 1. The van der Waals surface area contributed by atoms with E-state index < -0.39 is 5.92 Å². The zero-order valence-electron chi connectivity index (χ0n) is 13.6. The highest BCUT2D eigenvalue weighted by Gasteiger charge is 2.35. The maximum absolute atomic E-state index is 13.2. The summed E-state index contributed by atoms with van der Waals surface area (Å²) in [5.41, 5.74) is 2.40. The second-order valence-electron chi connectivity index (χ2n) is 7.06. The maximum atomic E-state index is 13.2. The Morgan fingerprint density at radius 1 is 1.29 bits per heavy atom. The van der Waals surface area contributed by atoms with Gasteiger partial charge in [-0.2, -0.15) is 0 Å². The molecule has 0 bridgehead atoms. The predicted octanol–water partition coefficient (Wildman–Crippen LogP) is 3.72. The topological polar surface area (TPSA) is 34.0 Å². The molecule has 3 heterocycles. The van der Waals surface area contributed by atoms with Crippen LogP contribution < -0.4 is 0 Å². The lowest BCUT2D eigenvalue weighted by molar-refractivity contribution is -0.0476. The fourth-order valence-electron chi connectivity index (χ4n) is 3.72. The Bertz CT molecular complexity index is 686. The lowest BCUT2D eigenvalue weighted by Crippen LogP contribution is -2.29. The molecule has 2 aromatic heterocycles. The number of nitrogens with zero attached hydrogens (tertiary/aromatic N) is 4. The van der Waals surface area contributed by atoms with Crippen molar-refractivity contribution in [3.63, 3.8) is 0 Å². The number of hydrogen-bond donors (Lipinski definition) is 0. The minimum absolute atomic E-state index is 0.00989. The summed E-state index contributed by atoms with van der Waals surface area (Å²) in [5.74, 6) is -2.17. The molecular weight excluding hydrogens is 330 g/mol. The van der Waals surface area contributed by atoms with Crippen molar-refractivity contribution in [3.8, 4) is 0 Å². The Morgan fingerprint density at radius 2 is 2.12 bits per heavy atom. The number of hydrogen-bond acceptors (Lipinski definition) is 4. The summed E-state index contributed by atoms with van der Waals surface area (Å²) in [5, 5.41) is 10.6. The third-order valence-corrected chi connectivity index (χ3v) is 6.16. The van der Waals surface area contributed by atoms with Gasteiger partial charge >= 0.3 is 0 Å². The lowest BCUT2D eigenvalue weighted by atomic mass is 9.87. The van der Waals surface area contributed by atoms with Crippen molar-refractivity contribution in [2.24, 2.45) is 5.92 Å². The molecule has 130 valence electrons. The molecular formula is C17H22F2N4S. The van der Waals surface area contributed by atoms with E-state index in [0.717, 1.165) is 31.7 Å². The average molecular weight is 352 g/mol. The zero-order chi connectivity index (χ0) is 16.6. The number of rotatable bonds is 4. The molecule has 0 spiro atoms. The first kappa shape index (κ1) is 16.1. The molecule has 0 saturated heterocycles. The number of alkyl halides is 2. The Balaban J connectivity index is 1.31. The number of thiophene rings is 1. The van der Waals surface area contributed by atoms with E-state index in [9.17, 15) is 8.78 Å². The van der Waals surface area contributed by atoms with E-state index in [1.54, 1.807) is 0 Å². The summed E-state index contributed by atoms with van der Waals surface area (Å²) >= 11 is 1.84. The second kappa shape index (κ2) is 6.52. The molecule has 4 rings (SSSR count). The minimum atomic E-state index is -2.46. The number of halogens is 2. The summed E-state index contributed by atoms with van der Waals surface area (Å²) in [6, 6.07) is 2.21. The fourth-order valence-corrected chi connectivity index (χ4v) is 4.61. The Kier molecular flexibility index (Phi) is 4.39. The van der Waals surface area contributed by atoms with Gasteiger partial charge in [0, 0.05) is 50.1 Å².